The van der Waals surface area contributed by atoms with Gasteiger partial charge in [0.25, 0.3) is 0 Å². The van der Waals surface area contributed by atoms with E-state index in [1.807, 2.05) is 44.2 Å². The third-order valence-corrected chi connectivity index (χ3v) is 3.38. The fraction of sp³-hybridized carbons (Fsp3) is 0.222. The monoisotopic (exact) mass is 313 g/mol. The van der Waals surface area contributed by atoms with Crippen LogP contribution in [0.15, 0.2) is 47.6 Å². The van der Waals surface area contributed by atoms with E-state index in [9.17, 15) is 9.90 Å². The quantitative estimate of drug-likeness (QED) is 0.656. The second-order valence-corrected chi connectivity index (χ2v) is 5.14. The molecule has 2 aromatic carbocycles. The smallest absolute Gasteiger partial charge is 0.358 e. The number of aliphatic carboxylic acids is 1. The SMILES string of the molecule is CO/N=C(\C(=O)O)c1ccccc1COc1cc(C)ccc1C. The molecule has 0 aromatic heterocycles. The molecule has 23 heavy (non-hydrogen) atoms. The standard InChI is InChI=1S/C18H19NO4/c1-12-8-9-13(2)16(10-12)23-11-14-6-4-5-7-15(14)17(18(20)21)19-22-3/h4-10H,11H2,1-3H3,(H,20,21)/b19-17-. The molecular weight excluding hydrogens is 294 g/mol. The number of carbonyl (C=O) groups is 1. The van der Waals surface area contributed by atoms with Gasteiger partial charge in [0, 0.05) is 5.56 Å². The Morgan fingerprint density at radius 3 is 2.61 bits per heavy atom. The number of rotatable bonds is 6. The van der Waals surface area contributed by atoms with Crippen molar-refractivity contribution in [1.29, 1.82) is 0 Å². The summed E-state index contributed by atoms with van der Waals surface area (Å²) in [5.74, 6) is -0.369. The number of hydrogen-bond donors (Lipinski definition) is 1. The summed E-state index contributed by atoms with van der Waals surface area (Å²) in [7, 11) is 1.32. The lowest BCUT2D eigenvalue weighted by molar-refractivity contribution is -0.129. The minimum Gasteiger partial charge on any atom is -0.489 e. The zero-order valence-electron chi connectivity index (χ0n) is 13.4. The van der Waals surface area contributed by atoms with Crippen molar-refractivity contribution in [3.05, 3.63) is 64.7 Å². The zero-order valence-corrected chi connectivity index (χ0v) is 13.4. The summed E-state index contributed by atoms with van der Waals surface area (Å²) in [4.78, 5) is 16.0. The van der Waals surface area contributed by atoms with E-state index in [0.717, 1.165) is 22.4 Å². The van der Waals surface area contributed by atoms with Crippen LogP contribution in [0.4, 0.5) is 0 Å². The number of benzene rings is 2. The van der Waals surface area contributed by atoms with E-state index < -0.39 is 5.97 Å². The van der Waals surface area contributed by atoms with E-state index >= 15 is 0 Å². The summed E-state index contributed by atoms with van der Waals surface area (Å²) >= 11 is 0. The lowest BCUT2D eigenvalue weighted by Gasteiger charge is -2.13. The van der Waals surface area contributed by atoms with Gasteiger partial charge in [-0.1, -0.05) is 41.6 Å². The summed E-state index contributed by atoms with van der Waals surface area (Å²) in [6, 6.07) is 13.1. The number of oxime groups is 1. The van der Waals surface area contributed by atoms with Crippen LogP contribution < -0.4 is 4.74 Å². The number of carboxylic acids is 1. The molecule has 5 heteroatoms. The molecule has 0 saturated carbocycles. The van der Waals surface area contributed by atoms with Crippen LogP contribution in [-0.2, 0) is 16.2 Å². The highest BCUT2D eigenvalue weighted by atomic mass is 16.6. The summed E-state index contributed by atoms with van der Waals surface area (Å²) < 4.78 is 5.86. The van der Waals surface area contributed by atoms with E-state index in [-0.39, 0.29) is 12.3 Å². The normalized spacial score (nSPS) is 11.2. The van der Waals surface area contributed by atoms with Crippen molar-refractivity contribution < 1.29 is 19.5 Å². The molecule has 0 aliphatic rings. The minimum atomic E-state index is -1.15. The van der Waals surface area contributed by atoms with Gasteiger partial charge in [0.2, 0.25) is 0 Å². The number of ether oxygens (including phenoxy) is 1. The predicted molar refractivity (Wildman–Crippen MR) is 87.9 cm³/mol. The van der Waals surface area contributed by atoms with Crippen molar-refractivity contribution in [2.24, 2.45) is 5.16 Å². The molecule has 0 saturated heterocycles. The largest absolute Gasteiger partial charge is 0.489 e. The highest BCUT2D eigenvalue weighted by Crippen LogP contribution is 2.21. The first-order chi connectivity index (χ1) is 11.0. The maximum absolute atomic E-state index is 11.4. The van der Waals surface area contributed by atoms with Gasteiger partial charge in [0.1, 0.15) is 19.5 Å². The van der Waals surface area contributed by atoms with Crippen LogP contribution in [0, 0.1) is 13.8 Å². The Morgan fingerprint density at radius 2 is 1.91 bits per heavy atom. The third-order valence-electron chi connectivity index (χ3n) is 3.38. The third kappa shape index (κ3) is 4.10. The lowest BCUT2D eigenvalue weighted by atomic mass is 10.0. The van der Waals surface area contributed by atoms with Gasteiger partial charge in [-0.25, -0.2) is 4.79 Å². The maximum Gasteiger partial charge on any atom is 0.358 e. The summed E-state index contributed by atoms with van der Waals surface area (Å²) in [5, 5.41) is 12.9. The molecule has 0 radical (unpaired) electrons. The lowest BCUT2D eigenvalue weighted by Crippen LogP contribution is -2.17. The molecular formula is C18H19NO4. The molecule has 0 aliphatic carbocycles. The Labute approximate surface area is 135 Å². The highest BCUT2D eigenvalue weighted by Gasteiger charge is 2.17. The molecule has 0 bridgehead atoms. The molecule has 120 valence electrons. The fourth-order valence-corrected chi connectivity index (χ4v) is 2.19. The van der Waals surface area contributed by atoms with Crippen LogP contribution in [0.5, 0.6) is 5.75 Å². The molecule has 0 atom stereocenters. The van der Waals surface area contributed by atoms with E-state index in [0.29, 0.717) is 5.56 Å². The van der Waals surface area contributed by atoms with E-state index in [4.69, 9.17) is 4.74 Å². The van der Waals surface area contributed by atoms with Crippen molar-refractivity contribution in [2.75, 3.05) is 7.11 Å². The Balaban J connectivity index is 2.29. The van der Waals surface area contributed by atoms with E-state index in [1.165, 1.54) is 7.11 Å². The van der Waals surface area contributed by atoms with Crippen LogP contribution >= 0.6 is 0 Å². The highest BCUT2D eigenvalue weighted by molar-refractivity contribution is 6.42. The van der Waals surface area contributed by atoms with Gasteiger partial charge in [0.15, 0.2) is 5.71 Å². The number of aryl methyl sites for hydroxylation is 2. The van der Waals surface area contributed by atoms with Gasteiger partial charge >= 0.3 is 5.97 Å². The van der Waals surface area contributed by atoms with E-state index in [2.05, 4.69) is 9.99 Å². The van der Waals surface area contributed by atoms with Crippen LogP contribution in [0.1, 0.15) is 22.3 Å². The van der Waals surface area contributed by atoms with Gasteiger partial charge in [-0.3, -0.25) is 0 Å². The summed E-state index contributed by atoms with van der Waals surface area (Å²) in [5.41, 5.74) is 3.19. The Bertz CT molecular complexity index is 738. The second-order valence-electron chi connectivity index (χ2n) is 5.14. The van der Waals surface area contributed by atoms with Crippen LogP contribution in [0.3, 0.4) is 0 Å². The zero-order chi connectivity index (χ0) is 16.8. The van der Waals surface area contributed by atoms with E-state index in [1.54, 1.807) is 12.1 Å². The Hall–Kier alpha value is -2.82. The molecule has 1 N–H and O–H groups in total. The van der Waals surface area contributed by atoms with Gasteiger partial charge < -0.3 is 14.7 Å². The van der Waals surface area contributed by atoms with Crippen molar-refractivity contribution in [3.63, 3.8) is 0 Å². The first kappa shape index (κ1) is 16.5. The van der Waals surface area contributed by atoms with Crippen LogP contribution in [0.2, 0.25) is 0 Å². The van der Waals surface area contributed by atoms with Gasteiger partial charge in [0.05, 0.1) is 0 Å². The molecule has 0 amide bonds. The molecule has 2 aromatic rings. The number of nitrogens with zero attached hydrogens (tertiary/aromatic N) is 1. The summed E-state index contributed by atoms with van der Waals surface area (Å²) in [6.45, 7) is 4.21. The topological polar surface area (TPSA) is 68.1 Å². The Kier molecular flexibility index (Phi) is 5.36. The molecule has 0 unspecified atom stereocenters. The molecule has 0 heterocycles. The molecule has 5 nitrogen and oxygen atoms in total. The fourth-order valence-electron chi connectivity index (χ4n) is 2.19. The van der Waals surface area contributed by atoms with Crippen LogP contribution in [0.25, 0.3) is 0 Å². The van der Waals surface area contributed by atoms with Gasteiger partial charge in [-0.05, 0) is 36.6 Å². The first-order valence-electron chi connectivity index (χ1n) is 7.15. The summed E-state index contributed by atoms with van der Waals surface area (Å²) in [6.07, 6.45) is 0. The van der Waals surface area contributed by atoms with Crippen LogP contribution in [-0.4, -0.2) is 23.9 Å². The van der Waals surface area contributed by atoms with Gasteiger partial charge in [-0.2, -0.15) is 0 Å². The molecule has 0 spiro atoms. The van der Waals surface area contributed by atoms with Gasteiger partial charge in [-0.15, -0.1) is 0 Å². The molecule has 0 fully saturated rings. The Morgan fingerprint density at radius 1 is 1.17 bits per heavy atom. The average Bonchev–Trinajstić information content (AvgIpc) is 2.53. The first-order valence-corrected chi connectivity index (χ1v) is 7.15. The molecule has 0 aliphatic heterocycles. The van der Waals surface area contributed by atoms with Crippen molar-refractivity contribution in [1.82, 2.24) is 0 Å². The molecule has 2 rings (SSSR count). The van der Waals surface area contributed by atoms with Crippen molar-refractivity contribution in [2.45, 2.75) is 20.5 Å². The van der Waals surface area contributed by atoms with Crippen molar-refractivity contribution >= 4 is 11.7 Å². The predicted octanol–water partition coefficient (Wildman–Crippen LogP) is 3.32. The number of carboxylic acid groups (broad SMARTS) is 1. The average molecular weight is 313 g/mol. The van der Waals surface area contributed by atoms with Crippen molar-refractivity contribution in [3.8, 4) is 5.75 Å². The number of hydrogen-bond acceptors (Lipinski definition) is 4. The second kappa shape index (κ2) is 7.45. The maximum atomic E-state index is 11.4. The minimum absolute atomic E-state index is 0.146.